The Balaban J connectivity index is 1.48. The van der Waals surface area contributed by atoms with Crippen LogP contribution in [0.5, 0.6) is 11.5 Å². The summed E-state index contributed by atoms with van der Waals surface area (Å²) in [5, 5.41) is 0. The van der Waals surface area contributed by atoms with E-state index < -0.39 is 11.9 Å². The average molecular weight is 487 g/mol. The Kier molecular flexibility index (Phi) is 10.2. The molecule has 0 heterocycles. The fourth-order valence-electron chi connectivity index (χ4n) is 5.38. The number of rotatable bonds is 10. The molecule has 2 saturated carbocycles. The molecule has 35 heavy (non-hydrogen) atoms. The molecule has 0 unspecified atom stereocenters. The van der Waals surface area contributed by atoms with Crippen LogP contribution in [0.1, 0.15) is 75.1 Å². The maximum Gasteiger partial charge on any atom is 0.338 e. The molecule has 7 heteroatoms. The average Bonchev–Trinajstić information content (AvgIpc) is 2.91. The zero-order valence-corrected chi connectivity index (χ0v) is 21.0. The molecule has 0 N–H and O–H groups in total. The lowest BCUT2D eigenvalue weighted by atomic mass is 9.69. The van der Waals surface area contributed by atoms with Crippen molar-refractivity contribution in [3.63, 3.8) is 0 Å². The second-order valence-electron chi connectivity index (χ2n) is 9.60. The number of esters is 3. The molecule has 0 saturated heterocycles. The summed E-state index contributed by atoms with van der Waals surface area (Å²) >= 11 is 0. The highest BCUT2D eigenvalue weighted by atomic mass is 16.6. The zero-order chi connectivity index (χ0) is 25.2. The van der Waals surface area contributed by atoms with Crippen LogP contribution >= 0.6 is 0 Å². The minimum Gasteiger partial charge on any atom is -0.493 e. The quantitative estimate of drug-likeness (QED) is 0.186. The number of benzene rings is 1. The fourth-order valence-corrected chi connectivity index (χ4v) is 5.38. The molecule has 1 aromatic rings. The van der Waals surface area contributed by atoms with Crippen molar-refractivity contribution in [1.29, 1.82) is 0 Å². The normalized spacial score (nSPS) is 24.2. The first-order chi connectivity index (χ1) is 16.9. The SMILES string of the molecule is C=CC(=O)OCCOC(=O)c1ccc(OC(=O)C2CCC(C3CCC(CC)CC3)CC2)c(OC)c1. The van der Waals surface area contributed by atoms with Gasteiger partial charge in [-0.15, -0.1) is 0 Å². The predicted molar refractivity (Wildman–Crippen MR) is 131 cm³/mol. The second kappa shape index (κ2) is 13.3. The van der Waals surface area contributed by atoms with Crippen LogP contribution in [-0.4, -0.2) is 38.2 Å². The Hall–Kier alpha value is -2.83. The lowest BCUT2D eigenvalue weighted by Gasteiger charge is -2.37. The highest BCUT2D eigenvalue weighted by molar-refractivity contribution is 5.90. The van der Waals surface area contributed by atoms with Crippen molar-refractivity contribution in [2.45, 2.75) is 64.7 Å². The van der Waals surface area contributed by atoms with Gasteiger partial charge in [0.2, 0.25) is 0 Å². The van der Waals surface area contributed by atoms with Gasteiger partial charge in [-0.1, -0.05) is 32.8 Å². The Morgan fingerprint density at radius 3 is 2.14 bits per heavy atom. The molecule has 0 spiro atoms. The Morgan fingerprint density at radius 2 is 1.54 bits per heavy atom. The first-order valence-corrected chi connectivity index (χ1v) is 12.8. The van der Waals surface area contributed by atoms with Crippen LogP contribution in [-0.2, 0) is 19.1 Å². The minimum absolute atomic E-state index is 0.0638. The summed E-state index contributed by atoms with van der Waals surface area (Å²) in [5.74, 6) is 1.50. The van der Waals surface area contributed by atoms with Crippen LogP contribution in [0.25, 0.3) is 0 Å². The van der Waals surface area contributed by atoms with E-state index in [0.717, 1.165) is 49.5 Å². The van der Waals surface area contributed by atoms with Gasteiger partial charge in [0.05, 0.1) is 18.6 Å². The van der Waals surface area contributed by atoms with E-state index in [2.05, 4.69) is 13.5 Å². The number of ether oxygens (including phenoxy) is 4. The molecule has 7 nitrogen and oxygen atoms in total. The third-order valence-corrected chi connectivity index (χ3v) is 7.58. The van der Waals surface area contributed by atoms with Crippen molar-refractivity contribution in [3.05, 3.63) is 36.4 Å². The molecule has 1 aromatic carbocycles. The first-order valence-electron chi connectivity index (χ1n) is 12.8. The van der Waals surface area contributed by atoms with E-state index in [1.54, 1.807) is 6.07 Å². The number of methoxy groups -OCH3 is 1. The van der Waals surface area contributed by atoms with Gasteiger partial charge in [-0.05, 0) is 74.5 Å². The van der Waals surface area contributed by atoms with Crippen molar-refractivity contribution in [2.24, 2.45) is 23.7 Å². The van der Waals surface area contributed by atoms with Gasteiger partial charge < -0.3 is 18.9 Å². The van der Waals surface area contributed by atoms with Crippen LogP contribution in [0.15, 0.2) is 30.9 Å². The summed E-state index contributed by atoms with van der Waals surface area (Å²) in [6.07, 6.45) is 11.6. The molecule has 2 fully saturated rings. The van der Waals surface area contributed by atoms with Gasteiger partial charge in [0, 0.05) is 6.08 Å². The Morgan fingerprint density at radius 1 is 0.914 bits per heavy atom. The van der Waals surface area contributed by atoms with Gasteiger partial charge in [-0.2, -0.15) is 0 Å². The molecule has 0 aliphatic heterocycles. The van der Waals surface area contributed by atoms with E-state index >= 15 is 0 Å². The standard InChI is InChI=1S/C28H38O7/c1-4-19-6-8-20(9-7-19)21-10-12-22(13-11-21)28(31)35-24-15-14-23(18-25(24)32-3)27(30)34-17-16-33-26(29)5-2/h5,14-15,18-22H,2,4,6-13,16-17H2,1,3H3. The Labute approximate surface area is 208 Å². The highest BCUT2D eigenvalue weighted by Gasteiger charge is 2.33. The van der Waals surface area contributed by atoms with Gasteiger partial charge >= 0.3 is 17.9 Å². The van der Waals surface area contributed by atoms with Crippen LogP contribution < -0.4 is 9.47 Å². The molecule has 192 valence electrons. The summed E-state index contributed by atoms with van der Waals surface area (Å²) in [6, 6.07) is 4.54. The second-order valence-corrected chi connectivity index (χ2v) is 9.60. The van der Waals surface area contributed by atoms with Crippen LogP contribution in [0.2, 0.25) is 0 Å². The smallest absolute Gasteiger partial charge is 0.338 e. The van der Waals surface area contributed by atoms with Crippen molar-refractivity contribution in [3.8, 4) is 11.5 Å². The minimum atomic E-state index is -0.595. The van der Waals surface area contributed by atoms with E-state index in [1.165, 1.54) is 51.3 Å². The molecule has 3 rings (SSSR count). The van der Waals surface area contributed by atoms with Crippen LogP contribution in [0, 0.1) is 23.7 Å². The molecule has 0 atom stereocenters. The van der Waals surface area contributed by atoms with Crippen molar-refractivity contribution >= 4 is 17.9 Å². The van der Waals surface area contributed by atoms with Gasteiger partial charge in [0.15, 0.2) is 11.5 Å². The third kappa shape index (κ3) is 7.58. The van der Waals surface area contributed by atoms with Gasteiger partial charge in [-0.25, -0.2) is 9.59 Å². The largest absolute Gasteiger partial charge is 0.493 e. The van der Waals surface area contributed by atoms with Crippen molar-refractivity contribution < 1.29 is 33.3 Å². The van der Waals surface area contributed by atoms with Crippen molar-refractivity contribution in [2.75, 3.05) is 20.3 Å². The molecule has 0 bridgehead atoms. The maximum absolute atomic E-state index is 12.9. The lowest BCUT2D eigenvalue weighted by Crippen LogP contribution is -2.30. The van der Waals surface area contributed by atoms with E-state index in [4.69, 9.17) is 18.9 Å². The number of hydrogen-bond acceptors (Lipinski definition) is 7. The highest BCUT2D eigenvalue weighted by Crippen LogP contribution is 2.42. The first kappa shape index (κ1) is 26.8. The van der Waals surface area contributed by atoms with Gasteiger partial charge in [0.25, 0.3) is 0 Å². The summed E-state index contributed by atoms with van der Waals surface area (Å²) in [4.78, 5) is 36.1. The summed E-state index contributed by atoms with van der Waals surface area (Å²) in [7, 11) is 1.45. The van der Waals surface area contributed by atoms with Crippen molar-refractivity contribution in [1.82, 2.24) is 0 Å². The maximum atomic E-state index is 12.9. The zero-order valence-electron chi connectivity index (χ0n) is 21.0. The molecule has 2 aliphatic carbocycles. The molecule has 0 amide bonds. The summed E-state index contributed by atoms with van der Waals surface area (Å²) in [6.45, 7) is 5.44. The Bertz CT molecular complexity index is 877. The van der Waals surface area contributed by atoms with E-state index in [9.17, 15) is 14.4 Å². The molecule has 2 aliphatic rings. The van der Waals surface area contributed by atoms with Gasteiger partial charge in [-0.3, -0.25) is 4.79 Å². The van der Waals surface area contributed by atoms with Crippen LogP contribution in [0.3, 0.4) is 0 Å². The molecule has 0 aromatic heterocycles. The topological polar surface area (TPSA) is 88.1 Å². The molecular weight excluding hydrogens is 448 g/mol. The number of hydrogen-bond donors (Lipinski definition) is 0. The van der Waals surface area contributed by atoms with E-state index in [0.29, 0.717) is 0 Å². The summed E-state index contributed by atoms with van der Waals surface area (Å²) < 4.78 is 20.9. The number of carbonyl (C=O) groups excluding carboxylic acids is 3. The van der Waals surface area contributed by atoms with E-state index in [-0.39, 0.29) is 42.2 Å². The number of carbonyl (C=O) groups is 3. The van der Waals surface area contributed by atoms with Gasteiger partial charge in [0.1, 0.15) is 13.2 Å². The lowest BCUT2D eigenvalue weighted by molar-refractivity contribution is -0.141. The van der Waals surface area contributed by atoms with Crippen LogP contribution in [0.4, 0.5) is 0 Å². The van der Waals surface area contributed by atoms with E-state index in [1.807, 2.05) is 0 Å². The molecular formula is C28H38O7. The third-order valence-electron chi connectivity index (χ3n) is 7.58. The predicted octanol–water partition coefficient (Wildman–Crippen LogP) is 5.51. The fraction of sp³-hybridized carbons (Fsp3) is 0.607. The molecule has 0 radical (unpaired) electrons. The summed E-state index contributed by atoms with van der Waals surface area (Å²) in [5.41, 5.74) is 0.245. The monoisotopic (exact) mass is 486 g/mol.